The first kappa shape index (κ1) is 23.3. The van der Waals surface area contributed by atoms with Crippen molar-refractivity contribution in [1.82, 2.24) is 34.0 Å². The molecule has 1 aromatic carbocycles. The zero-order valence-electron chi connectivity index (χ0n) is 21.5. The van der Waals surface area contributed by atoms with E-state index in [1.807, 2.05) is 29.8 Å². The Bertz CT molecular complexity index is 1510. The summed E-state index contributed by atoms with van der Waals surface area (Å²) in [6.07, 6.45) is 3.88. The van der Waals surface area contributed by atoms with Crippen LogP contribution in [0.2, 0.25) is 0 Å². The van der Waals surface area contributed by atoms with Crippen LogP contribution in [-0.2, 0) is 23.1 Å². The highest BCUT2D eigenvalue weighted by atomic mass is 16.5. The molecule has 6 heterocycles. The van der Waals surface area contributed by atoms with Gasteiger partial charge in [0.15, 0.2) is 22.8 Å². The summed E-state index contributed by atoms with van der Waals surface area (Å²) in [5.74, 6) is 8.55. The molecule has 194 valence electrons. The number of hydrogen-bond acceptors (Lipinski definition) is 8. The van der Waals surface area contributed by atoms with Gasteiger partial charge in [-0.05, 0) is 11.8 Å². The SMILES string of the molecule is Cn1cnc2c(N3CC4(COC4)C3)nc(C#Cc3nc(-c4ccccc4)cn3CCN3CCOCC3)nc21. The summed E-state index contributed by atoms with van der Waals surface area (Å²) in [5, 5.41) is 0. The minimum Gasteiger partial charge on any atom is -0.380 e. The third kappa shape index (κ3) is 4.32. The maximum absolute atomic E-state index is 5.50. The third-order valence-corrected chi connectivity index (χ3v) is 7.60. The normalized spacial score (nSPS) is 18.7. The van der Waals surface area contributed by atoms with Gasteiger partial charge in [0.2, 0.25) is 5.82 Å². The zero-order chi connectivity index (χ0) is 25.5. The molecule has 10 nitrogen and oxygen atoms in total. The zero-order valence-corrected chi connectivity index (χ0v) is 21.5. The Labute approximate surface area is 221 Å². The Kier molecular flexibility index (Phi) is 5.84. The molecule has 3 fully saturated rings. The van der Waals surface area contributed by atoms with Gasteiger partial charge in [0.25, 0.3) is 0 Å². The molecule has 3 aliphatic rings. The predicted octanol–water partition coefficient (Wildman–Crippen LogP) is 1.80. The van der Waals surface area contributed by atoms with Crippen molar-refractivity contribution in [2.75, 3.05) is 64.1 Å². The lowest BCUT2D eigenvalue weighted by molar-refractivity contribution is -0.127. The quantitative estimate of drug-likeness (QED) is 0.376. The van der Waals surface area contributed by atoms with Gasteiger partial charge < -0.3 is 23.5 Å². The first-order valence-electron chi connectivity index (χ1n) is 13.1. The predicted molar refractivity (Wildman–Crippen MR) is 143 cm³/mol. The van der Waals surface area contributed by atoms with Gasteiger partial charge in [-0.3, -0.25) is 4.90 Å². The van der Waals surface area contributed by atoms with Crippen LogP contribution in [0.3, 0.4) is 0 Å². The number of anilines is 1. The van der Waals surface area contributed by atoms with E-state index >= 15 is 0 Å². The molecule has 3 aromatic heterocycles. The minimum absolute atomic E-state index is 0.275. The number of nitrogens with zero attached hydrogens (tertiary/aromatic N) is 8. The van der Waals surface area contributed by atoms with Gasteiger partial charge in [-0.2, -0.15) is 0 Å². The molecule has 0 saturated carbocycles. The minimum atomic E-state index is 0.275. The highest BCUT2D eigenvalue weighted by molar-refractivity contribution is 5.84. The molecule has 7 rings (SSSR count). The van der Waals surface area contributed by atoms with Crippen molar-refractivity contribution in [2.24, 2.45) is 12.5 Å². The summed E-state index contributed by atoms with van der Waals surface area (Å²) in [7, 11) is 1.95. The second kappa shape index (κ2) is 9.51. The molecule has 0 unspecified atom stereocenters. The van der Waals surface area contributed by atoms with Gasteiger partial charge in [0, 0.05) is 58.1 Å². The number of ether oxygens (including phenoxy) is 2. The lowest BCUT2D eigenvalue weighted by Gasteiger charge is -2.55. The van der Waals surface area contributed by atoms with E-state index in [0.717, 1.165) is 93.9 Å². The number of morpholine rings is 1. The van der Waals surface area contributed by atoms with E-state index in [2.05, 4.69) is 49.5 Å². The maximum Gasteiger partial charge on any atom is 0.209 e. The van der Waals surface area contributed by atoms with Crippen molar-refractivity contribution in [1.29, 1.82) is 0 Å². The van der Waals surface area contributed by atoms with Gasteiger partial charge in [-0.25, -0.2) is 19.9 Å². The maximum atomic E-state index is 5.50. The van der Waals surface area contributed by atoms with E-state index in [4.69, 9.17) is 24.4 Å². The molecule has 10 heteroatoms. The molecular formula is C28H30N8O2. The second-order valence-electron chi connectivity index (χ2n) is 10.5. The van der Waals surface area contributed by atoms with E-state index in [1.54, 1.807) is 6.33 Å². The number of aromatic nitrogens is 6. The van der Waals surface area contributed by atoms with Crippen LogP contribution in [0.25, 0.3) is 22.4 Å². The molecule has 0 atom stereocenters. The fraction of sp³-hybridized carbons (Fsp3) is 0.429. The largest absolute Gasteiger partial charge is 0.380 e. The second-order valence-corrected chi connectivity index (χ2v) is 10.5. The van der Waals surface area contributed by atoms with E-state index in [1.165, 1.54) is 0 Å². The van der Waals surface area contributed by atoms with E-state index in [0.29, 0.717) is 11.6 Å². The fourth-order valence-corrected chi connectivity index (χ4v) is 5.37. The first-order valence-corrected chi connectivity index (χ1v) is 13.1. The lowest BCUT2D eigenvalue weighted by Crippen LogP contribution is -2.66. The standard InChI is InChI=1S/C28H30N8O2/c1-33-20-29-25-26(33)31-23(32-27(25)36-16-28(17-36)18-38-19-28)7-8-24-30-22(21-5-3-2-4-6-21)15-35(24)10-9-34-11-13-37-14-12-34/h2-6,15,20H,9-14,16-19H2,1H3. The number of rotatable bonds is 5. The van der Waals surface area contributed by atoms with Crippen molar-refractivity contribution in [3.05, 3.63) is 54.5 Å². The lowest BCUT2D eigenvalue weighted by atomic mass is 9.78. The average Bonchev–Trinajstić information content (AvgIpc) is 3.49. The Morgan fingerprint density at radius 2 is 1.76 bits per heavy atom. The number of imidazole rings is 2. The van der Waals surface area contributed by atoms with E-state index in [9.17, 15) is 0 Å². The van der Waals surface area contributed by atoms with E-state index in [-0.39, 0.29) is 5.41 Å². The summed E-state index contributed by atoms with van der Waals surface area (Å²) >= 11 is 0. The molecule has 38 heavy (non-hydrogen) atoms. The fourth-order valence-electron chi connectivity index (χ4n) is 5.37. The van der Waals surface area contributed by atoms with Crippen molar-refractivity contribution in [3.63, 3.8) is 0 Å². The number of aryl methyl sites for hydroxylation is 1. The monoisotopic (exact) mass is 510 g/mol. The van der Waals surface area contributed by atoms with Crippen LogP contribution in [0.5, 0.6) is 0 Å². The molecular weight excluding hydrogens is 480 g/mol. The van der Waals surface area contributed by atoms with Crippen LogP contribution in [0, 0.1) is 17.3 Å². The van der Waals surface area contributed by atoms with Crippen LogP contribution in [0.4, 0.5) is 5.82 Å². The van der Waals surface area contributed by atoms with Crippen LogP contribution in [0.1, 0.15) is 11.6 Å². The molecule has 1 spiro atoms. The summed E-state index contributed by atoms with van der Waals surface area (Å²) in [4.78, 5) is 23.8. The van der Waals surface area contributed by atoms with Gasteiger partial charge in [-0.15, -0.1) is 0 Å². The first-order chi connectivity index (χ1) is 18.7. The van der Waals surface area contributed by atoms with Gasteiger partial charge in [0.1, 0.15) is 0 Å². The molecule has 0 N–H and O–H groups in total. The average molecular weight is 511 g/mol. The summed E-state index contributed by atoms with van der Waals surface area (Å²) in [6.45, 7) is 8.69. The molecule has 0 radical (unpaired) electrons. The molecule has 4 aromatic rings. The van der Waals surface area contributed by atoms with Crippen molar-refractivity contribution < 1.29 is 9.47 Å². The molecule has 3 aliphatic heterocycles. The Morgan fingerprint density at radius 1 is 0.947 bits per heavy atom. The van der Waals surface area contributed by atoms with Crippen molar-refractivity contribution in [3.8, 4) is 23.1 Å². The summed E-state index contributed by atoms with van der Waals surface area (Å²) < 4.78 is 15.0. The highest BCUT2D eigenvalue weighted by Crippen LogP contribution is 2.41. The smallest absolute Gasteiger partial charge is 0.209 e. The molecule has 0 bridgehead atoms. The topological polar surface area (TPSA) is 86.4 Å². The van der Waals surface area contributed by atoms with Gasteiger partial charge in [0.05, 0.1) is 43.9 Å². The Morgan fingerprint density at radius 3 is 2.53 bits per heavy atom. The summed E-state index contributed by atoms with van der Waals surface area (Å²) in [6, 6.07) is 10.2. The summed E-state index contributed by atoms with van der Waals surface area (Å²) in [5.41, 5.74) is 3.85. The molecule has 0 amide bonds. The van der Waals surface area contributed by atoms with Gasteiger partial charge >= 0.3 is 0 Å². The van der Waals surface area contributed by atoms with Crippen LogP contribution in [0.15, 0.2) is 42.9 Å². The Hall–Kier alpha value is -3.78. The number of benzene rings is 1. The van der Waals surface area contributed by atoms with Crippen molar-refractivity contribution >= 4 is 17.0 Å². The number of fused-ring (bicyclic) bond motifs is 1. The molecule has 0 aliphatic carbocycles. The number of hydrogen-bond donors (Lipinski definition) is 0. The van der Waals surface area contributed by atoms with Crippen LogP contribution in [-0.4, -0.2) is 93.1 Å². The van der Waals surface area contributed by atoms with Crippen LogP contribution < -0.4 is 4.90 Å². The van der Waals surface area contributed by atoms with Gasteiger partial charge in [-0.1, -0.05) is 30.3 Å². The van der Waals surface area contributed by atoms with Crippen molar-refractivity contribution in [2.45, 2.75) is 6.54 Å². The van der Waals surface area contributed by atoms with E-state index < -0.39 is 0 Å². The van der Waals surface area contributed by atoms with Crippen LogP contribution >= 0.6 is 0 Å². The third-order valence-electron chi connectivity index (χ3n) is 7.60. The Balaban J connectivity index is 1.21. The highest BCUT2D eigenvalue weighted by Gasteiger charge is 2.50. The molecule has 3 saturated heterocycles.